The number of rotatable bonds is 3. The summed E-state index contributed by atoms with van der Waals surface area (Å²) in [6, 6.07) is 10.0. The Kier molecular flexibility index (Phi) is 5.18. The number of hydrogen-bond donors (Lipinski definition) is 0. The van der Waals surface area contributed by atoms with Gasteiger partial charge in [-0.25, -0.2) is 0 Å². The van der Waals surface area contributed by atoms with Crippen molar-refractivity contribution >= 4 is 12.0 Å². The van der Waals surface area contributed by atoms with Crippen molar-refractivity contribution in [2.24, 2.45) is 35.5 Å². The lowest BCUT2D eigenvalue weighted by Gasteiger charge is -2.47. The number of nitrogens with zero attached hydrogens (tertiary/aromatic N) is 2. The summed E-state index contributed by atoms with van der Waals surface area (Å²) >= 11 is 0. The molecule has 4 heteroatoms. The summed E-state index contributed by atoms with van der Waals surface area (Å²) in [6.45, 7) is 4.44. The fraction of sp³-hybridized carbons (Fsp3) is 0.500. The van der Waals surface area contributed by atoms with Crippen LogP contribution in [-0.4, -0.2) is 22.0 Å². The fourth-order valence-electron chi connectivity index (χ4n) is 6.25. The number of cyclic esters (lactones) is 1. The van der Waals surface area contributed by atoms with E-state index in [1.54, 1.807) is 6.20 Å². The van der Waals surface area contributed by atoms with E-state index in [1.807, 2.05) is 24.4 Å². The van der Waals surface area contributed by atoms with Crippen LogP contribution < -0.4 is 0 Å². The molecule has 2 aromatic rings. The monoisotopic (exact) mass is 402 g/mol. The number of carbonyl (C=O) groups excluding carboxylic acids is 1. The zero-order chi connectivity index (χ0) is 20.7. The van der Waals surface area contributed by atoms with E-state index < -0.39 is 0 Å². The first kappa shape index (κ1) is 19.5. The SMILES string of the molecule is C[C@@H]1CC[C@H]2C(/C=C/c3ccc(-c4ccccn4)cn3)[C@@H]3[C@@H](C)OC(=O)[C@@H]3C[C@@H]2C1. The summed E-state index contributed by atoms with van der Waals surface area (Å²) in [5.74, 6) is 2.85. The molecule has 156 valence electrons. The van der Waals surface area contributed by atoms with Gasteiger partial charge in [-0.3, -0.25) is 14.8 Å². The van der Waals surface area contributed by atoms with Gasteiger partial charge in [0.1, 0.15) is 6.10 Å². The normalized spacial score (nSPS) is 35.7. The van der Waals surface area contributed by atoms with Crippen molar-refractivity contribution in [3.8, 4) is 11.3 Å². The highest BCUT2D eigenvalue weighted by atomic mass is 16.6. The Morgan fingerprint density at radius 3 is 2.73 bits per heavy atom. The number of fused-ring (bicyclic) bond motifs is 2. The van der Waals surface area contributed by atoms with Crippen LogP contribution in [0, 0.1) is 35.5 Å². The average molecular weight is 403 g/mol. The Bertz CT molecular complexity index is 924. The van der Waals surface area contributed by atoms with Gasteiger partial charge in [0, 0.05) is 23.9 Å². The minimum absolute atomic E-state index is 0.0111. The van der Waals surface area contributed by atoms with Gasteiger partial charge >= 0.3 is 5.97 Å². The fourth-order valence-corrected chi connectivity index (χ4v) is 6.25. The van der Waals surface area contributed by atoms with Crippen molar-refractivity contribution in [2.75, 3.05) is 0 Å². The maximum Gasteiger partial charge on any atom is 0.309 e. The standard InChI is InChI=1S/C26H30N2O2/c1-16-6-10-21-19(13-16)14-23-25(17(2)30-26(23)29)22(21)11-9-20-8-7-18(15-28-20)24-5-3-4-12-27-24/h3-5,7-9,11-12,15-17,19,21-23,25H,6,10,13-14H2,1-2H3/b11-9+/t16-,17-,19+,21-,22?,23-,25+/m1/s1. The second-order valence-electron chi connectivity index (χ2n) is 9.53. The van der Waals surface area contributed by atoms with Gasteiger partial charge in [-0.1, -0.05) is 25.5 Å². The second-order valence-corrected chi connectivity index (χ2v) is 9.53. The van der Waals surface area contributed by atoms with Crippen LogP contribution in [0.15, 0.2) is 48.8 Å². The van der Waals surface area contributed by atoms with Gasteiger partial charge in [0.25, 0.3) is 0 Å². The van der Waals surface area contributed by atoms with Crippen molar-refractivity contribution in [3.05, 3.63) is 54.5 Å². The van der Waals surface area contributed by atoms with E-state index in [1.165, 1.54) is 19.3 Å². The van der Waals surface area contributed by atoms with Crippen LogP contribution in [0.2, 0.25) is 0 Å². The summed E-state index contributed by atoms with van der Waals surface area (Å²) in [7, 11) is 0. The number of hydrogen-bond acceptors (Lipinski definition) is 4. The van der Waals surface area contributed by atoms with Crippen LogP contribution in [0.1, 0.15) is 45.2 Å². The lowest BCUT2D eigenvalue weighted by Crippen LogP contribution is -2.43. The number of ether oxygens (including phenoxy) is 1. The molecule has 2 aliphatic carbocycles. The summed E-state index contributed by atoms with van der Waals surface area (Å²) in [5.41, 5.74) is 2.91. The Hall–Kier alpha value is -2.49. The molecule has 3 aliphatic rings. The van der Waals surface area contributed by atoms with Gasteiger partial charge in [0.05, 0.1) is 17.3 Å². The van der Waals surface area contributed by atoms with E-state index in [-0.39, 0.29) is 18.0 Å². The molecule has 1 aliphatic heterocycles. The average Bonchev–Trinajstić information content (AvgIpc) is 3.05. The number of esters is 1. The first-order chi connectivity index (χ1) is 14.6. The Balaban J connectivity index is 1.39. The molecule has 0 amide bonds. The molecule has 2 saturated carbocycles. The summed E-state index contributed by atoms with van der Waals surface area (Å²) in [5, 5.41) is 0. The van der Waals surface area contributed by atoms with Crippen LogP contribution in [-0.2, 0) is 9.53 Å². The molecule has 7 atom stereocenters. The highest BCUT2D eigenvalue weighted by Crippen LogP contribution is 2.54. The van der Waals surface area contributed by atoms with Gasteiger partial charge in [-0.05, 0) is 80.2 Å². The van der Waals surface area contributed by atoms with E-state index in [0.29, 0.717) is 23.7 Å². The van der Waals surface area contributed by atoms with Crippen molar-refractivity contribution in [3.63, 3.8) is 0 Å². The topological polar surface area (TPSA) is 52.1 Å². The van der Waals surface area contributed by atoms with E-state index >= 15 is 0 Å². The minimum atomic E-state index is 0.0111. The Labute approximate surface area is 178 Å². The third kappa shape index (κ3) is 3.57. The first-order valence-corrected chi connectivity index (χ1v) is 11.4. The van der Waals surface area contributed by atoms with Crippen LogP contribution in [0.3, 0.4) is 0 Å². The van der Waals surface area contributed by atoms with Gasteiger partial charge in [0.15, 0.2) is 0 Å². The van der Waals surface area contributed by atoms with Crippen LogP contribution in [0.4, 0.5) is 0 Å². The maximum atomic E-state index is 12.5. The lowest BCUT2D eigenvalue weighted by atomic mass is 9.56. The molecule has 0 spiro atoms. The lowest BCUT2D eigenvalue weighted by molar-refractivity contribution is -0.144. The smallest absolute Gasteiger partial charge is 0.309 e. The third-order valence-electron chi connectivity index (χ3n) is 7.65. The zero-order valence-electron chi connectivity index (χ0n) is 17.8. The predicted octanol–water partition coefficient (Wildman–Crippen LogP) is 5.41. The molecule has 1 saturated heterocycles. The molecular formula is C26H30N2O2. The van der Waals surface area contributed by atoms with Gasteiger partial charge in [0.2, 0.25) is 0 Å². The highest BCUT2D eigenvalue weighted by molar-refractivity contribution is 5.75. The Morgan fingerprint density at radius 1 is 1.07 bits per heavy atom. The highest BCUT2D eigenvalue weighted by Gasteiger charge is 2.54. The molecule has 30 heavy (non-hydrogen) atoms. The van der Waals surface area contributed by atoms with Crippen LogP contribution >= 0.6 is 0 Å². The number of carbonyl (C=O) groups is 1. The molecule has 0 N–H and O–H groups in total. The van der Waals surface area contributed by atoms with Crippen LogP contribution in [0.25, 0.3) is 17.3 Å². The largest absolute Gasteiger partial charge is 0.462 e. The molecule has 3 fully saturated rings. The number of allylic oxidation sites excluding steroid dienone is 1. The predicted molar refractivity (Wildman–Crippen MR) is 117 cm³/mol. The number of pyridine rings is 2. The zero-order valence-corrected chi connectivity index (χ0v) is 17.8. The molecule has 2 aromatic heterocycles. The second kappa shape index (κ2) is 7.98. The van der Waals surface area contributed by atoms with E-state index in [2.05, 4.69) is 48.1 Å². The van der Waals surface area contributed by atoms with E-state index in [9.17, 15) is 4.79 Å². The minimum Gasteiger partial charge on any atom is -0.462 e. The maximum absolute atomic E-state index is 12.5. The van der Waals surface area contributed by atoms with Gasteiger partial charge in [-0.15, -0.1) is 0 Å². The molecule has 1 unspecified atom stereocenters. The van der Waals surface area contributed by atoms with Crippen molar-refractivity contribution in [1.82, 2.24) is 9.97 Å². The quantitative estimate of drug-likeness (QED) is 0.645. The summed E-state index contributed by atoms with van der Waals surface area (Å²) in [6.07, 6.45) is 13.0. The molecule has 0 aromatic carbocycles. The Morgan fingerprint density at radius 2 is 1.97 bits per heavy atom. The van der Waals surface area contributed by atoms with Crippen molar-refractivity contribution < 1.29 is 9.53 Å². The molecular weight excluding hydrogens is 372 g/mol. The van der Waals surface area contributed by atoms with Crippen molar-refractivity contribution in [1.29, 1.82) is 0 Å². The molecule has 5 rings (SSSR count). The third-order valence-corrected chi connectivity index (χ3v) is 7.65. The molecule has 3 heterocycles. The first-order valence-electron chi connectivity index (χ1n) is 11.4. The van der Waals surface area contributed by atoms with Gasteiger partial charge in [-0.2, -0.15) is 0 Å². The molecule has 4 nitrogen and oxygen atoms in total. The van der Waals surface area contributed by atoms with Crippen molar-refractivity contribution in [2.45, 2.75) is 45.6 Å². The van der Waals surface area contributed by atoms with Crippen LogP contribution in [0.5, 0.6) is 0 Å². The van der Waals surface area contributed by atoms with Gasteiger partial charge < -0.3 is 4.74 Å². The van der Waals surface area contributed by atoms with E-state index in [0.717, 1.165) is 29.3 Å². The molecule has 0 radical (unpaired) electrons. The summed E-state index contributed by atoms with van der Waals surface area (Å²) < 4.78 is 5.69. The summed E-state index contributed by atoms with van der Waals surface area (Å²) in [4.78, 5) is 21.5. The molecule has 0 bridgehead atoms. The number of aromatic nitrogens is 2. The van der Waals surface area contributed by atoms with E-state index in [4.69, 9.17) is 4.74 Å².